The Balaban J connectivity index is 1.31. The summed E-state index contributed by atoms with van der Waals surface area (Å²) in [5, 5.41) is 3.87. The van der Waals surface area contributed by atoms with Gasteiger partial charge >= 0.3 is 0 Å². The summed E-state index contributed by atoms with van der Waals surface area (Å²) >= 11 is 6.03. The maximum absolute atomic E-state index is 12.5. The van der Waals surface area contributed by atoms with Gasteiger partial charge < -0.3 is 24.6 Å². The molecular formula is C18H25ClN4O3. The number of piperazine rings is 1. The molecule has 0 aromatic carbocycles. The third-order valence-electron chi connectivity index (χ3n) is 5.32. The van der Waals surface area contributed by atoms with Gasteiger partial charge in [-0.2, -0.15) is 0 Å². The number of rotatable bonds is 5. The average Bonchev–Trinajstić information content (AvgIpc) is 2.77. The lowest BCUT2D eigenvalue weighted by Crippen LogP contribution is -2.55. The van der Waals surface area contributed by atoms with E-state index in [0.29, 0.717) is 50.4 Å². The quantitative estimate of drug-likeness (QED) is 0.777. The highest BCUT2D eigenvalue weighted by atomic mass is 35.5. The fourth-order valence-electron chi connectivity index (χ4n) is 3.68. The van der Waals surface area contributed by atoms with Gasteiger partial charge in [-0.25, -0.2) is 4.98 Å². The molecule has 4 heterocycles. The molecule has 26 heavy (non-hydrogen) atoms. The maximum atomic E-state index is 12.5. The van der Waals surface area contributed by atoms with Gasteiger partial charge in [-0.3, -0.25) is 4.79 Å². The van der Waals surface area contributed by atoms with Crippen LogP contribution < -0.4 is 15.0 Å². The molecule has 0 radical (unpaired) electrons. The number of carbonyl (C=O) groups is 1. The van der Waals surface area contributed by atoms with Crippen molar-refractivity contribution >= 4 is 23.3 Å². The van der Waals surface area contributed by atoms with Crippen LogP contribution in [0.15, 0.2) is 12.3 Å². The average molecular weight is 381 g/mol. The SMILES string of the molecule is O=C(CCOCC1CCN1)N1CCN2c3ncc(Cl)cc3OCCC2C1. The third kappa shape index (κ3) is 3.89. The molecule has 1 N–H and O–H groups in total. The number of nitrogens with zero attached hydrogens (tertiary/aromatic N) is 3. The lowest BCUT2D eigenvalue weighted by Gasteiger charge is -2.41. The molecule has 2 fully saturated rings. The molecule has 1 aromatic heterocycles. The molecule has 0 bridgehead atoms. The minimum atomic E-state index is 0.167. The van der Waals surface area contributed by atoms with Crippen molar-refractivity contribution in [3.05, 3.63) is 17.3 Å². The monoisotopic (exact) mass is 380 g/mol. The van der Waals surface area contributed by atoms with Crippen LogP contribution in [0.3, 0.4) is 0 Å². The van der Waals surface area contributed by atoms with Crippen molar-refractivity contribution in [2.24, 2.45) is 0 Å². The van der Waals surface area contributed by atoms with Gasteiger partial charge in [0.2, 0.25) is 5.91 Å². The number of aromatic nitrogens is 1. The molecule has 3 aliphatic rings. The normalized spacial score (nSPS) is 24.8. The van der Waals surface area contributed by atoms with E-state index in [1.807, 2.05) is 11.0 Å². The van der Waals surface area contributed by atoms with Gasteiger partial charge in [-0.1, -0.05) is 11.6 Å². The molecule has 142 valence electrons. The topological polar surface area (TPSA) is 66.9 Å². The summed E-state index contributed by atoms with van der Waals surface area (Å²) in [6.07, 6.45) is 4.13. The third-order valence-corrected chi connectivity index (χ3v) is 5.53. The number of pyridine rings is 1. The highest BCUT2D eigenvalue weighted by Crippen LogP contribution is 2.34. The lowest BCUT2D eigenvalue weighted by atomic mass is 10.1. The molecular weight excluding hydrogens is 356 g/mol. The Kier molecular flexibility index (Phi) is 5.47. The van der Waals surface area contributed by atoms with Gasteiger partial charge in [0, 0.05) is 44.4 Å². The van der Waals surface area contributed by atoms with Gasteiger partial charge in [0.05, 0.1) is 37.3 Å². The molecule has 0 saturated carbocycles. The number of hydrogen-bond acceptors (Lipinski definition) is 6. The Morgan fingerprint density at radius 2 is 2.31 bits per heavy atom. The molecule has 7 nitrogen and oxygen atoms in total. The number of ether oxygens (including phenoxy) is 2. The smallest absolute Gasteiger partial charge is 0.225 e. The van der Waals surface area contributed by atoms with E-state index in [-0.39, 0.29) is 11.9 Å². The molecule has 1 amide bonds. The van der Waals surface area contributed by atoms with E-state index in [4.69, 9.17) is 21.1 Å². The Morgan fingerprint density at radius 3 is 3.12 bits per heavy atom. The predicted molar refractivity (Wildman–Crippen MR) is 98.9 cm³/mol. The first kappa shape index (κ1) is 17.8. The first-order chi connectivity index (χ1) is 12.7. The summed E-state index contributed by atoms with van der Waals surface area (Å²) in [4.78, 5) is 21.2. The largest absolute Gasteiger partial charge is 0.490 e. The summed E-state index contributed by atoms with van der Waals surface area (Å²) in [5.41, 5.74) is 0. The number of fused-ring (bicyclic) bond motifs is 3. The van der Waals surface area contributed by atoms with Crippen LogP contribution in [-0.2, 0) is 9.53 Å². The Labute approximate surface area is 158 Å². The number of hydrogen-bond donors (Lipinski definition) is 1. The number of carbonyl (C=O) groups excluding carboxylic acids is 1. The number of amides is 1. The van der Waals surface area contributed by atoms with Crippen LogP contribution in [0.1, 0.15) is 19.3 Å². The van der Waals surface area contributed by atoms with Gasteiger partial charge in [0.25, 0.3) is 0 Å². The Bertz CT molecular complexity index is 655. The molecule has 2 atom stereocenters. The van der Waals surface area contributed by atoms with Gasteiger partial charge in [0.15, 0.2) is 11.6 Å². The molecule has 2 saturated heterocycles. The molecule has 8 heteroatoms. The zero-order valence-electron chi connectivity index (χ0n) is 14.8. The number of halogens is 1. The van der Waals surface area contributed by atoms with Crippen molar-refractivity contribution in [2.75, 3.05) is 50.9 Å². The molecule has 0 aliphatic carbocycles. The van der Waals surface area contributed by atoms with Crippen LogP contribution in [0.5, 0.6) is 5.75 Å². The minimum absolute atomic E-state index is 0.167. The van der Waals surface area contributed by atoms with E-state index >= 15 is 0 Å². The van der Waals surface area contributed by atoms with Gasteiger partial charge in [-0.05, 0) is 13.0 Å². The summed E-state index contributed by atoms with van der Waals surface area (Å²) < 4.78 is 11.4. The summed E-state index contributed by atoms with van der Waals surface area (Å²) in [7, 11) is 0. The standard InChI is InChI=1S/C18H25ClN4O3/c19-13-9-16-18(21-10-13)23-6-5-22(11-15(23)2-8-26-16)17(24)3-7-25-12-14-1-4-20-14/h9-10,14-15,20H,1-8,11-12H2. The van der Waals surface area contributed by atoms with Crippen LogP contribution in [-0.4, -0.2) is 73.9 Å². The highest BCUT2D eigenvalue weighted by Gasteiger charge is 2.33. The van der Waals surface area contributed by atoms with Crippen LogP contribution in [0.4, 0.5) is 5.82 Å². The van der Waals surface area contributed by atoms with Crippen molar-refractivity contribution in [2.45, 2.75) is 31.3 Å². The second-order valence-corrected chi connectivity index (χ2v) is 7.50. The van der Waals surface area contributed by atoms with E-state index in [1.54, 1.807) is 6.20 Å². The molecule has 3 aliphatic heterocycles. The number of nitrogens with one attached hydrogen (secondary N) is 1. The zero-order valence-corrected chi connectivity index (χ0v) is 15.6. The van der Waals surface area contributed by atoms with E-state index < -0.39 is 0 Å². The van der Waals surface area contributed by atoms with E-state index in [1.165, 1.54) is 6.42 Å². The Hall–Kier alpha value is -1.57. The Morgan fingerprint density at radius 1 is 1.42 bits per heavy atom. The first-order valence-electron chi connectivity index (χ1n) is 9.34. The minimum Gasteiger partial charge on any atom is -0.490 e. The zero-order chi connectivity index (χ0) is 17.9. The van der Waals surface area contributed by atoms with E-state index in [9.17, 15) is 4.79 Å². The molecule has 0 spiro atoms. The second kappa shape index (κ2) is 7.98. The molecule has 1 aromatic rings. The second-order valence-electron chi connectivity index (χ2n) is 7.06. The van der Waals surface area contributed by atoms with Gasteiger partial charge in [0.1, 0.15) is 0 Å². The predicted octanol–water partition coefficient (Wildman–Crippen LogP) is 1.30. The summed E-state index contributed by atoms with van der Waals surface area (Å²) in [6.45, 7) is 5.04. The molecule has 2 unspecified atom stereocenters. The first-order valence-corrected chi connectivity index (χ1v) is 9.72. The van der Waals surface area contributed by atoms with E-state index in [0.717, 1.165) is 31.1 Å². The van der Waals surface area contributed by atoms with E-state index in [2.05, 4.69) is 15.2 Å². The number of anilines is 1. The van der Waals surface area contributed by atoms with Crippen LogP contribution in [0, 0.1) is 0 Å². The fraction of sp³-hybridized carbons (Fsp3) is 0.667. The highest BCUT2D eigenvalue weighted by molar-refractivity contribution is 6.30. The van der Waals surface area contributed by atoms with Crippen molar-refractivity contribution < 1.29 is 14.3 Å². The van der Waals surface area contributed by atoms with Crippen molar-refractivity contribution in [3.8, 4) is 5.75 Å². The van der Waals surface area contributed by atoms with Gasteiger partial charge in [-0.15, -0.1) is 0 Å². The van der Waals surface area contributed by atoms with Crippen molar-refractivity contribution in [1.82, 2.24) is 15.2 Å². The van der Waals surface area contributed by atoms with Crippen LogP contribution in [0.2, 0.25) is 5.02 Å². The fourth-order valence-corrected chi connectivity index (χ4v) is 3.83. The summed E-state index contributed by atoms with van der Waals surface area (Å²) in [5.74, 6) is 1.73. The van der Waals surface area contributed by atoms with Crippen molar-refractivity contribution in [3.63, 3.8) is 0 Å². The molecule has 4 rings (SSSR count). The lowest BCUT2D eigenvalue weighted by molar-refractivity contribution is -0.133. The summed E-state index contributed by atoms with van der Waals surface area (Å²) in [6, 6.07) is 2.52. The van der Waals surface area contributed by atoms with Crippen molar-refractivity contribution in [1.29, 1.82) is 0 Å². The maximum Gasteiger partial charge on any atom is 0.225 e. The van der Waals surface area contributed by atoms with Crippen LogP contribution in [0.25, 0.3) is 0 Å². The van der Waals surface area contributed by atoms with Crippen LogP contribution >= 0.6 is 11.6 Å².